The van der Waals surface area contributed by atoms with Crippen molar-refractivity contribution in [3.63, 3.8) is 0 Å². The van der Waals surface area contributed by atoms with Crippen molar-refractivity contribution in [1.29, 1.82) is 0 Å². The minimum atomic E-state index is -0.813. The first-order valence-electron chi connectivity index (χ1n) is 4.62. The van der Waals surface area contributed by atoms with E-state index in [4.69, 9.17) is 10.6 Å². The number of rotatable bonds is 3. The van der Waals surface area contributed by atoms with Gasteiger partial charge in [-0.3, -0.25) is 5.43 Å². The van der Waals surface area contributed by atoms with E-state index in [0.29, 0.717) is 0 Å². The SMILES string of the molecule is NNc1ncc(F)c(Oc2ccccc2F)n1. The van der Waals surface area contributed by atoms with Gasteiger partial charge in [0, 0.05) is 0 Å². The lowest BCUT2D eigenvalue weighted by Crippen LogP contribution is -2.11. The summed E-state index contributed by atoms with van der Waals surface area (Å²) in [4.78, 5) is 7.14. The number of nitrogens with two attached hydrogens (primary N) is 1. The Morgan fingerprint density at radius 3 is 2.65 bits per heavy atom. The van der Waals surface area contributed by atoms with Crippen molar-refractivity contribution in [3.8, 4) is 11.6 Å². The summed E-state index contributed by atoms with van der Waals surface area (Å²) in [6, 6.07) is 5.59. The van der Waals surface area contributed by atoms with E-state index in [0.717, 1.165) is 6.20 Å². The smallest absolute Gasteiger partial charge is 0.261 e. The number of nitrogens with one attached hydrogen (secondary N) is 1. The predicted octanol–water partition coefficient (Wildman–Crippen LogP) is 1.83. The third-order valence-electron chi connectivity index (χ3n) is 1.88. The average molecular weight is 238 g/mol. The Labute approximate surface area is 95.2 Å². The maximum atomic E-state index is 13.3. The second kappa shape index (κ2) is 4.71. The number of halogens is 2. The molecule has 5 nitrogen and oxygen atoms in total. The normalized spacial score (nSPS) is 10.1. The molecule has 0 aliphatic heterocycles. The maximum Gasteiger partial charge on any atom is 0.261 e. The fraction of sp³-hybridized carbons (Fsp3) is 0. The van der Waals surface area contributed by atoms with Crippen molar-refractivity contribution in [1.82, 2.24) is 9.97 Å². The van der Waals surface area contributed by atoms with Crippen molar-refractivity contribution in [2.45, 2.75) is 0 Å². The molecule has 0 amide bonds. The highest BCUT2D eigenvalue weighted by molar-refractivity contribution is 5.32. The molecule has 0 unspecified atom stereocenters. The molecule has 2 rings (SSSR count). The largest absolute Gasteiger partial charge is 0.433 e. The van der Waals surface area contributed by atoms with E-state index >= 15 is 0 Å². The van der Waals surface area contributed by atoms with Crippen LogP contribution in [-0.2, 0) is 0 Å². The summed E-state index contributed by atoms with van der Waals surface area (Å²) in [6.45, 7) is 0. The maximum absolute atomic E-state index is 13.3. The monoisotopic (exact) mass is 238 g/mol. The molecule has 0 aliphatic rings. The van der Waals surface area contributed by atoms with Gasteiger partial charge in [-0.2, -0.15) is 9.37 Å². The highest BCUT2D eigenvalue weighted by atomic mass is 19.1. The van der Waals surface area contributed by atoms with E-state index in [2.05, 4.69) is 15.4 Å². The zero-order valence-electron chi connectivity index (χ0n) is 8.52. The number of hydrazine groups is 1. The molecule has 1 aromatic heterocycles. The van der Waals surface area contributed by atoms with E-state index in [1.807, 2.05) is 0 Å². The number of hydrogen-bond acceptors (Lipinski definition) is 5. The minimum Gasteiger partial charge on any atom is -0.433 e. The number of nitrogen functional groups attached to an aromatic ring is 1. The van der Waals surface area contributed by atoms with Crippen molar-refractivity contribution in [3.05, 3.63) is 42.1 Å². The number of ether oxygens (including phenoxy) is 1. The Bertz CT molecular complexity index is 535. The zero-order valence-corrected chi connectivity index (χ0v) is 8.52. The number of nitrogens with zero attached hydrogens (tertiary/aromatic N) is 2. The topological polar surface area (TPSA) is 73.1 Å². The first kappa shape index (κ1) is 11.2. The van der Waals surface area contributed by atoms with Crippen LogP contribution in [0.25, 0.3) is 0 Å². The van der Waals surface area contributed by atoms with Gasteiger partial charge in [0.1, 0.15) is 0 Å². The number of aromatic nitrogens is 2. The van der Waals surface area contributed by atoms with Gasteiger partial charge in [-0.05, 0) is 12.1 Å². The number of hydrogen-bond donors (Lipinski definition) is 2. The molecule has 17 heavy (non-hydrogen) atoms. The molecule has 0 aliphatic carbocycles. The van der Waals surface area contributed by atoms with Crippen LogP contribution in [0.2, 0.25) is 0 Å². The van der Waals surface area contributed by atoms with Gasteiger partial charge in [0.25, 0.3) is 5.88 Å². The van der Waals surface area contributed by atoms with E-state index in [9.17, 15) is 8.78 Å². The summed E-state index contributed by atoms with van der Waals surface area (Å²) < 4.78 is 31.5. The quantitative estimate of drug-likeness (QED) is 0.630. The lowest BCUT2D eigenvalue weighted by molar-refractivity contribution is 0.397. The fourth-order valence-corrected chi connectivity index (χ4v) is 1.12. The van der Waals surface area contributed by atoms with Crippen LogP contribution < -0.4 is 16.0 Å². The van der Waals surface area contributed by atoms with Crippen LogP contribution >= 0.6 is 0 Å². The van der Waals surface area contributed by atoms with Gasteiger partial charge in [0.05, 0.1) is 6.20 Å². The molecule has 3 N–H and O–H groups in total. The lowest BCUT2D eigenvalue weighted by atomic mass is 10.3. The van der Waals surface area contributed by atoms with Crippen LogP contribution in [0.1, 0.15) is 0 Å². The van der Waals surface area contributed by atoms with Crippen molar-refractivity contribution in [2.24, 2.45) is 5.84 Å². The van der Waals surface area contributed by atoms with Crippen LogP contribution in [0.15, 0.2) is 30.5 Å². The standard InChI is InChI=1S/C10H8F2N4O/c11-6-3-1-2-4-8(6)17-9-7(12)5-14-10(15-9)16-13/h1-5H,13H2,(H,14,15,16). The summed E-state index contributed by atoms with van der Waals surface area (Å²) in [7, 11) is 0. The molecule has 7 heteroatoms. The van der Waals surface area contributed by atoms with Crippen LogP contribution in [0, 0.1) is 11.6 Å². The van der Waals surface area contributed by atoms with Gasteiger partial charge in [-0.15, -0.1) is 0 Å². The number of para-hydroxylation sites is 1. The molecule has 0 radical (unpaired) electrons. The summed E-state index contributed by atoms with van der Waals surface area (Å²) in [5.74, 6) is 3.07. The molecular weight excluding hydrogens is 230 g/mol. The third kappa shape index (κ3) is 2.45. The molecule has 0 atom stereocenters. The second-order valence-corrected chi connectivity index (χ2v) is 3.02. The van der Waals surface area contributed by atoms with Gasteiger partial charge in [-0.25, -0.2) is 15.2 Å². The van der Waals surface area contributed by atoms with Crippen LogP contribution in [0.4, 0.5) is 14.7 Å². The summed E-state index contributed by atoms with van der Waals surface area (Å²) >= 11 is 0. The van der Waals surface area contributed by atoms with Crippen molar-refractivity contribution < 1.29 is 13.5 Å². The molecule has 0 spiro atoms. The van der Waals surface area contributed by atoms with Crippen molar-refractivity contribution >= 4 is 5.95 Å². The van der Waals surface area contributed by atoms with Gasteiger partial charge in [0.2, 0.25) is 11.8 Å². The zero-order chi connectivity index (χ0) is 12.3. The lowest BCUT2D eigenvalue weighted by Gasteiger charge is -2.07. The van der Waals surface area contributed by atoms with Gasteiger partial charge in [-0.1, -0.05) is 12.1 Å². The van der Waals surface area contributed by atoms with E-state index < -0.39 is 17.5 Å². The molecule has 0 bridgehead atoms. The van der Waals surface area contributed by atoms with Crippen LogP contribution in [0.3, 0.4) is 0 Å². The van der Waals surface area contributed by atoms with Gasteiger partial charge < -0.3 is 4.74 Å². The molecule has 1 aromatic carbocycles. The Morgan fingerprint density at radius 1 is 1.18 bits per heavy atom. The molecule has 0 saturated heterocycles. The Balaban J connectivity index is 2.32. The molecule has 0 fully saturated rings. The van der Waals surface area contributed by atoms with Gasteiger partial charge in [0.15, 0.2) is 11.6 Å². The van der Waals surface area contributed by atoms with E-state index in [-0.39, 0.29) is 11.7 Å². The van der Waals surface area contributed by atoms with Gasteiger partial charge >= 0.3 is 0 Å². The summed E-state index contributed by atoms with van der Waals surface area (Å²) in [5.41, 5.74) is 2.13. The van der Waals surface area contributed by atoms with Crippen molar-refractivity contribution in [2.75, 3.05) is 5.43 Å². The highest BCUT2D eigenvalue weighted by Crippen LogP contribution is 2.24. The van der Waals surface area contributed by atoms with E-state index in [1.54, 1.807) is 6.07 Å². The molecule has 1 heterocycles. The minimum absolute atomic E-state index is 0.0299. The predicted molar refractivity (Wildman–Crippen MR) is 56.3 cm³/mol. The number of benzene rings is 1. The fourth-order valence-electron chi connectivity index (χ4n) is 1.12. The molecular formula is C10H8F2N4O. The Hall–Kier alpha value is -2.28. The first-order chi connectivity index (χ1) is 8.20. The summed E-state index contributed by atoms with van der Waals surface area (Å²) in [5, 5.41) is 0. The van der Waals surface area contributed by atoms with Crippen LogP contribution in [-0.4, -0.2) is 9.97 Å². The summed E-state index contributed by atoms with van der Waals surface area (Å²) in [6.07, 6.45) is 0.873. The van der Waals surface area contributed by atoms with E-state index in [1.165, 1.54) is 18.2 Å². The number of anilines is 1. The average Bonchev–Trinajstić information content (AvgIpc) is 2.35. The molecule has 88 valence electrons. The molecule has 2 aromatic rings. The molecule has 0 saturated carbocycles. The van der Waals surface area contributed by atoms with Crippen LogP contribution in [0.5, 0.6) is 11.6 Å². The Kier molecular flexibility index (Phi) is 3.10. The highest BCUT2D eigenvalue weighted by Gasteiger charge is 2.11. The first-order valence-corrected chi connectivity index (χ1v) is 4.62. The third-order valence-corrected chi connectivity index (χ3v) is 1.88. The Morgan fingerprint density at radius 2 is 1.94 bits per heavy atom. The second-order valence-electron chi connectivity index (χ2n) is 3.02.